The molecule has 0 aliphatic heterocycles. The van der Waals surface area contributed by atoms with Gasteiger partial charge in [-0.3, -0.25) is 0 Å². The van der Waals surface area contributed by atoms with E-state index in [1.165, 1.54) is 6.33 Å². The second-order valence-corrected chi connectivity index (χ2v) is 5.31. The molecule has 5 nitrogen and oxygen atoms in total. The van der Waals surface area contributed by atoms with Crippen LogP contribution in [0.5, 0.6) is 0 Å². The van der Waals surface area contributed by atoms with Gasteiger partial charge in [-0.1, -0.05) is 11.6 Å². The summed E-state index contributed by atoms with van der Waals surface area (Å²) in [7, 11) is 0. The fourth-order valence-corrected chi connectivity index (χ4v) is 2.31. The van der Waals surface area contributed by atoms with Crippen LogP contribution in [-0.2, 0) is 0 Å². The smallest absolute Gasteiger partial charge is 0.148 e. The van der Waals surface area contributed by atoms with Crippen LogP contribution in [0.1, 0.15) is 11.1 Å². The molecular weight excluding hydrogens is 330 g/mol. The molecule has 19 heavy (non-hydrogen) atoms. The zero-order chi connectivity index (χ0) is 14.0. The predicted octanol–water partition coefficient (Wildman–Crippen LogP) is 3.54. The monoisotopic (exact) mass is 341 g/mol. The van der Waals surface area contributed by atoms with Gasteiger partial charge in [0.25, 0.3) is 0 Å². The maximum Gasteiger partial charge on any atom is 0.148 e. The van der Waals surface area contributed by atoms with Crippen LogP contribution in [0.3, 0.4) is 0 Å². The Hall–Kier alpha value is -1.37. The lowest BCUT2D eigenvalue weighted by molar-refractivity contribution is 1.10. The van der Waals surface area contributed by atoms with Gasteiger partial charge < -0.3 is 10.7 Å². The van der Waals surface area contributed by atoms with Crippen molar-refractivity contribution in [3.8, 4) is 0 Å². The number of hydrogen-bond donors (Lipinski definition) is 3. The van der Waals surface area contributed by atoms with Crippen molar-refractivity contribution in [3.05, 3.63) is 39.1 Å². The summed E-state index contributed by atoms with van der Waals surface area (Å²) in [5, 5.41) is 3.89. The van der Waals surface area contributed by atoms with E-state index in [0.717, 1.165) is 21.3 Å². The molecule has 0 amide bonds. The molecule has 0 radical (unpaired) electrons. The normalized spacial score (nSPS) is 10.4. The fraction of sp³-hybridized carbons (Fsp3) is 0.167. The number of aryl methyl sites for hydroxylation is 1. The molecule has 0 aliphatic rings. The van der Waals surface area contributed by atoms with E-state index < -0.39 is 0 Å². The van der Waals surface area contributed by atoms with Crippen molar-refractivity contribution in [2.75, 3.05) is 10.7 Å². The average molecular weight is 343 g/mol. The molecule has 0 saturated carbocycles. The number of benzene rings is 1. The summed E-state index contributed by atoms with van der Waals surface area (Å²) in [5.41, 5.74) is 5.19. The number of aromatic nitrogens is 2. The summed E-state index contributed by atoms with van der Waals surface area (Å²) in [6, 6.07) is 3.79. The van der Waals surface area contributed by atoms with Crippen molar-refractivity contribution in [2.24, 2.45) is 5.84 Å². The highest BCUT2D eigenvalue weighted by atomic mass is 79.9. The second-order valence-electron chi connectivity index (χ2n) is 4.05. The molecule has 1 aromatic carbocycles. The molecule has 0 fully saturated rings. The summed E-state index contributed by atoms with van der Waals surface area (Å²) in [6.45, 7) is 3.82. The van der Waals surface area contributed by atoms with Crippen LogP contribution in [0, 0.1) is 13.8 Å². The Morgan fingerprint density at radius 1 is 1.21 bits per heavy atom. The molecule has 1 heterocycles. The maximum absolute atomic E-state index is 6.12. The van der Waals surface area contributed by atoms with Crippen molar-refractivity contribution >= 4 is 44.9 Å². The number of nitrogen functional groups attached to an aromatic ring is 1. The third-order valence-electron chi connectivity index (χ3n) is 2.72. The first-order valence-corrected chi connectivity index (χ1v) is 6.71. The van der Waals surface area contributed by atoms with Gasteiger partial charge in [0.2, 0.25) is 0 Å². The van der Waals surface area contributed by atoms with Crippen LogP contribution >= 0.6 is 27.5 Å². The van der Waals surface area contributed by atoms with Crippen molar-refractivity contribution in [3.63, 3.8) is 0 Å². The molecule has 0 saturated heterocycles. The van der Waals surface area contributed by atoms with Gasteiger partial charge in [-0.25, -0.2) is 15.8 Å². The quantitative estimate of drug-likeness (QED) is 0.587. The van der Waals surface area contributed by atoms with Crippen LogP contribution in [0.25, 0.3) is 0 Å². The molecule has 1 aromatic heterocycles. The lowest BCUT2D eigenvalue weighted by atomic mass is 10.2. The molecule has 0 unspecified atom stereocenters. The lowest BCUT2D eigenvalue weighted by Crippen LogP contribution is -2.11. The largest absolute Gasteiger partial charge is 0.339 e. The summed E-state index contributed by atoms with van der Waals surface area (Å²) >= 11 is 9.62. The minimum Gasteiger partial charge on any atom is -0.339 e. The van der Waals surface area contributed by atoms with Gasteiger partial charge in [-0.2, -0.15) is 0 Å². The third kappa shape index (κ3) is 2.97. The summed E-state index contributed by atoms with van der Waals surface area (Å²) in [6.07, 6.45) is 1.44. The third-order valence-corrected chi connectivity index (χ3v) is 3.79. The molecule has 0 atom stereocenters. The van der Waals surface area contributed by atoms with Crippen molar-refractivity contribution in [1.29, 1.82) is 0 Å². The zero-order valence-corrected chi connectivity index (χ0v) is 12.8. The van der Waals surface area contributed by atoms with E-state index in [0.29, 0.717) is 16.7 Å². The average Bonchev–Trinajstić information content (AvgIpc) is 2.38. The number of rotatable bonds is 3. The number of anilines is 3. The Morgan fingerprint density at radius 2 is 1.89 bits per heavy atom. The van der Waals surface area contributed by atoms with E-state index in [4.69, 9.17) is 17.4 Å². The van der Waals surface area contributed by atoms with Crippen LogP contribution in [0.4, 0.5) is 17.3 Å². The fourth-order valence-electron chi connectivity index (χ4n) is 1.59. The Morgan fingerprint density at radius 3 is 2.58 bits per heavy atom. The molecule has 100 valence electrons. The topological polar surface area (TPSA) is 75.9 Å². The van der Waals surface area contributed by atoms with Gasteiger partial charge in [-0.15, -0.1) is 0 Å². The SMILES string of the molecule is Cc1cc(Br)c(Nc2ncnc(NN)c2C)cc1Cl. The highest BCUT2D eigenvalue weighted by Gasteiger charge is 2.09. The van der Waals surface area contributed by atoms with E-state index >= 15 is 0 Å². The number of hydrazine groups is 1. The van der Waals surface area contributed by atoms with Gasteiger partial charge in [-0.05, 0) is 47.5 Å². The van der Waals surface area contributed by atoms with Gasteiger partial charge in [0.1, 0.15) is 18.0 Å². The highest BCUT2D eigenvalue weighted by Crippen LogP contribution is 2.32. The van der Waals surface area contributed by atoms with E-state index in [1.54, 1.807) is 0 Å². The van der Waals surface area contributed by atoms with E-state index in [-0.39, 0.29) is 0 Å². The Labute approximate surface area is 124 Å². The number of nitrogens with zero attached hydrogens (tertiary/aromatic N) is 2. The zero-order valence-electron chi connectivity index (χ0n) is 10.5. The lowest BCUT2D eigenvalue weighted by Gasteiger charge is -2.13. The second kappa shape index (κ2) is 5.73. The first-order chi connectivity index (χ1) is 9.02. The minimum absolute atomic E-state index is 0.576. The van der Waals surface area contributed by atoms with Gasteiger partial charge in [0, 0.05) is 15.1 Å². The first-order valence-electron chi connectivity index (χ1n) is 5.53. The molecule has 0 bridgehead atoms. The standard InChI is InChI=1S/C12H13BrClN5/c1-6-3-8(13)10(4-9(6)14)18-11-7(2)12(19-15)17-5-16-11/h3-5H,15H2,1-2H3,(H2,16,17,18,19). The van der Waals surface area contributed by atoms with E-state index in [2.05, 4.69) is 36.6 Å². The summed E-state index contributed by atoms with van der Waals surface area (Å²) < 4.78 is 0.912. The molecule has 2 rings (SSSR count). The minimum atomic E-state index is 0.576. The number of nitrogens with two attached hydrogens (primary N) is 1. The van der Waals surface area contributed by atoms with Crippen LogP contribution in [-0.4, -0.2) is 9.97 Å². The Bertz CT molecular complexity index is 617. The van der Waals surface area contributed by atoms with Gasteiger partial charge in [0.15, 0.2) is 0 Å². The highest BCUT2D eigenvalue weighted by molar-refractivity contribution is 9.10. The van der Waals surface area contributed by atoms with Crippen LogP contribution < -0.4 is 16.6 Å². The molecule has 4 N–H and O–H groups in total. The molecule has 0 spiro atoms. The summed E-state index contributed by atoms with van der Waals surface area (Å²) in [4.78, 5) is 8.22. The Balaban J connectivity index is 2.39. The predicted molar refractivity (Wildman–Crippen MR) is 81.8 cm³/mol. The van der Waals surface area contributed by atoms with E-state index in [9.17, 15) is 0 Å². The molecule has 7 heteroatoms. The van der Waals surface area contributed by atoms with Gasteiger partial charge >= 0.3 is 0 Å². The summed E-state index contributed by atoms with van der Waals surface area (Å²) in [5.74, 6) is 6.63. The van der Waals surface area contributed by atoms with Crippen LogP contribution in [0.15, 0.2) is 22.9 Å². The van der Waals surface area contributed by atoms with E-state index in [1.807, 2.05) is 26.0 Å². The number of nitrogens with one attached hydrogen (secondary N) is 2. The van der Waals surface area contributed by atoms with Crippen LogP contribution in [0.2, 0.25) is 5.02 Å². The van der Waals surface area contributed by atoms with Crippen molar-refractivity contribution in [1.82, 2.24) is 9.97 Å². The number of halogens is 2. The van der Waals surface area contributed by atoms with Crippen molar-refractivity contribution < 1.29 is 0 Å². The molecule has 0 aliphatic carbocycles. The molecular formula is C12H13BrClN5. The van der Waals surface area contributed by atoms with Gasteiger partial charge in [0.05, 0.1) is 5.69 Å². The molecule has 2 aromatic rings. The maximum atomic E-state index is 6.12. The van der Waals surface area contributed by atoms with Crippen molar-refractivity contribution in [2.45, 2.75) is 13.8 Å². The number of hydrogen-bond acceptors (Lipinski definition) is 5. The Kier molecular flexibility index (Phi) is 4.24. The first kappa shape index (κ1) is 14.0.